The molecule has 0 saturated carbocycles. The van der Waals surface area contributed by atoms with E-state index in [9.17, 15) is 0 Å². The molecule has 0 aromatic carbocycles. The lowest BCUT2D eigenvalue weighted by atomic mass is 10.0. The third kappa shape index (κ3) is 18.7. The first-order valence-corrected chi connectivity index (χ1v) is 12.2. The summed E-state index contributed by atoms with van der Waals surface area (Å²) in [6.45, 7) is 1.56. The van der Waals surface area contributed by atoms with Crippen molar-refractivity contribution in [2.75, 3.05) is 13.2 Å². The van der Waals surface area contributed by atoms with E-state index < -0.39 is 0 Å². The van der Waals surface area contributed by atoms with Crippen molar-refractivity contribution >= 4 is 0 Å². The summed E-state index contributed by atoms with van der Waals surface area (Å²) in [6.07, 6.45) is 30.9. The summed E-state index contributed by atoms with van der Waals surface area (Å²) in [7, 11) is 0. The first-order chi connectivity index (χ1) is 13.0. The molecule has 1 rings (SSSR count). The summed E-state index contributed by atoms with van der Waals surface area (Å²) < 4.78 is 0. The molecule has 2 nitrogen and oxygen atoms in total. The van der Waals surface area contributed by atoms with Crippen LogP contribution in [0.25, 0.3) is 0 Å². The first kappa shape index (κ1) is 24.0. The van der Waals surface area contributed by atoms with E-state index in [0.717, 1.165) is 26.1 Å². The molecule has 0 unspecified atom stereocenters. The monoisotopic (exact) mass is 368 g/mol. The van der Waals surface area contributed by atoms with E-state index in [1.165, 1.54) is 128 Å². The van der Waals surface area contributed by atoms with Crippen LogP contribution in [0.1, 0.15) is 141 Å². The Kier molecular flexibility index (Phi) is 19.6. The van der Waals surface area contributed by atoms with E-state index in [0.29, 0.717) is 0 Å². The van der Waals surface area contributed by atoms with Crippen LogP contribution in [0, 0.1) is 0 Å². The molecule has 0 radical (unpaired) electrons. The molecule has 0 N–H and O–H groups in total. The van der Waals surface area contributed by atoms with Crippen LogP contribution in [0.4, 0.5) is 0 Å². The summed E-state index contributed by atoms with van der Waals surface area (Å²) in [5.74, 6) is 0. The highest BCUT2D eigenvalue weighted by molar-refractivity contribution is 4.51. The standard InChI is InChI=1S/C24H48O2/c1-2-4-6-8-10-12-14-16-18-20-22-24-26-25-23-21-19-17-15-13-11-9-7-5-3-1/h1-24H2. The second-order valence-corrected chi connectivity index (χ2v) is 8.42. The van der Waals surface area contributed by atoms with Crippen LogP contribution < -0.4 is 0 Å². The number of hydrogen-bond donors (Lipinski definition) is 0. The van der Waals surface area contributed by atoms with Gasteiger partial charge in [0.05, 0.1) is 13.2 Å². The second kappa shape index (κ2) is 21.2. The van der Waals surface area contributed by atoms with Crippen molar-refractivity contribution in [3.8, 4) is 0 Å². The fraction of sp³-hybridized carbons (Fsp3) is 1.00. The van der Waals surface area contributed by atoms with Gasteiger partial charge in [0.25, 0.3) is 0 Å². The van der Waals surface area contributed by atoms with E-state index in [-0.39, 0.29) is 0 Å². The van der Waals surface area contributed by atoms with Crippen molar-refractivity contribution in [3.05, 3.63) is 0 Å². The molecule has 1 aliphatic rings. The number of hydrogen-bond acceptors (Lipinski definition) is 2. The molecule has 1 heterocycles. The lowest BCUT2D eigenvalue weighted by molar-refractivity contribution is -0.295. The van der Waals surface area contributed by atoms with E-state index in [1.54, 1.807) is 0 Å². The summed E-state index contributed by atoms with van der Waals surface area (Å²) in [5, 5.41) is 0. The Labute approximate surface area is 164 Å². The topological polar surface area (TPSA) is 18.5 Å². The van der Waals surface area contributed by atoms with Gasteiger partial charge in [-0.15, -0.1) is 0 Å². The minimum absolute atomic E-state index is 0.778. The second-order valence-electron chi connectivity index (χ2n) is 8.42. The van der Waals surface area contributed by atoms with Gasteiger partial charge >= 0.3 is 0 Å². The SMILES string of the molecule is C1CCCCCCCCCCCCOOCCCCCCCCCCC1. The quantitative estimate of drug-likeness (QED) is 0.399. The number of rotatable bonds is 0. The molecule has 0 amide bonds. The highest BCUT2D eigenvalue weighted by Gasteiger charge is 1.97. The third-order valence-corrected chi connectivity index (χ3v) is 5.79. The zero-order chi connectivity index (χ0) is 18.4. The minimum Gasteiger partial charge on any atom is -0.237 e. The van der Waals surface area contributed by atoms with Crippen LogP contribution in [0.3, 0.4) is 0 Å². The minimum atomic E-state index is 0.778. The Bertz CT molecular complexity index is 132. The Hall–Kier alpha value is -0.0800. The van der Waals surface area contributed by atoms with Crippen molar-refractivity contribution in [2.45, 2.75) is 141 Å². The van der Waals surface area contributed by atoms with Gasteiger partial charge < -0.3 is 0 Å². The normalized spacial score (nSPS) is 24.0. The summed E-state index contributed by atoms with van der Waals surface area (Å²) in [5.41, 5.74) is 0. The van der Waals surface area contributed by atoms with Gasteiger partial charge in [0.2, 0.25) is 0 Å². The van der Waals surface area contributed by atoms with Gasteiger partial charge in [0.1, 0.15) is 0 Å². The zero-order valence-electron chi connectivity index (χ0n) is 17.8. The van der Waals surface area contributed by atoms with Gasteiger partial charge in [-0.25, -0.2) is 9.78 Å². The van der Waals surface area contributed by atoms with E-state index >= 15 is 0 Å². The molecular formula is C24H48O2. The van der Waals surface area contributed by atoms with Crippen molar-refractivity contribution < 1.29 is 9.78 Å². The van der Waals surface area contributed by atoms with Crippen molar-refractivity contribution in [1.29, 1.82) is 0 Å². The molecule has 156 valence electrons. The van der Waals surface area contributed by atoms with Crippen LogP contribution in [-0.4, -0.2) is 13.2 Å². The van der Waals surface area contributed by atoms with Crippen LogP contribution in [0.5, 0.6) is 0 Å². The first-order valence-electron chi connectivity index (χ1n) is 12.2. The Morgan fingerprint density at radius 1 is 0.192 bits per heavy atom. The predicted octanol–water partition coefficient (Wildman–Crippen LogP) is 8.53. The lowest BCUT2D eigenvalue weighted by Gasteiger charge is -2.06. The lowest BCUT2D eigenvalue weighted by Crippen LogP contribution is -1.99. The molecule has 0 aliphatic carbocycles. The molecule has 0 spiro atoms. The van der Waals surface area contributed by atoms with Crippen molar-refractivity contribution in [1.82, 2.24) is 0 Å². The average Bonchev–Trinajstić information content (AvgIpc) is 2.65. The molecule has 1 saturated heterocycles. The van der Waals surface area contributed by atoms with Crippen molar-refractivity contribution in [2.24, 2.45) is 0 Å². The molecule has 0 aromatic heterocycles. The molecule has 0 atom stereocenters. The van der Waals surface area contributed by atoms with E-state index in [2.05, 4.69) is 0 Å². The molecule has 1 aliphatic heterocycles. The van der Waals surface area contributed by atoms with Crippen LogP contribution in [0.15, 0.2) is 0 Å². The molecule has 0 aromatic rings. The highest BCUT2D eigenvalue weighted by Crippen LogP contribution is 2.15. The molecule has 1 fully saturated rings. The van der Waals surface area contributed by atoms with E-state index in [4.69, 9.17) is 9.78 Å². The van der Waals surface area contributed by atoms with Gasteiger partial charge in [-0.3, -0.25) is 0 Å². The average molecular weight is 369 g/mol. The largest absolute Gasteiger partial charge is 0.237 e. The molecule has 2 heteroatoms. The fourth-order valence-electron chi connectivity index (χ4n) is 3.98. The highest BCUT2D eigenvalue weighted by atomic mass is 17.2. The summed E-state index contributed by atoms with van der Waals surface area (Å²) in [4.78, 5) is 10.6. The molecular weight excluding hydrogens is 320 g/mol. The van der Waals surface area contributed by atoms with E-state index in [1.807, 2.05) is 0 Å². The zero-order valence-corrected chi connectivity index (χ0v) is 17.8. The van der Waals surface area contributed by atoms with Crippen LogP contribution >= 0.6 is 0 Å². The fourth-order valence-corrected chi connectivity index (χ4v) is 3.98. The van der Waals surface area contributed by atoms with Crippen molar-refractivity contribution in [3.63, 3.8) is 0 Å². The van der Waals surface area contributed by atoms with Gasteiger partial charge in [0.15, 0.2) is 0 Å². The maximum Gasteiger partial charge on any atom is 0.0822 e. The Morgan fingerprint density at radius 3 is 0.538 bits per heavy atom. The van der Waals surface area contributed by atoms with Gasteiger partial charge in [-0.05, 0) is 12.8 Å². The van der Waals surface area contributed by atoms with Gasteiger partial charge in [-0.2, -0.15) is 0 Å². The van der Waals surface area contributed by atoms with Crippen LogP contribution in [0.2, 0.25) is 0 Å². The smallest absolute Gasteiger partial charge is 0.0822 e. The van der Waals surface area contributed by atoms with Gasteiger partial charge in [-0.1, -0.05) is 128 Å². The Morgan fingerprint density at radius 2 is 0.346 bits per heavy atom. The summed E-state index contributed by atoms with van der Waals surface area (Å²) >= 11 is 0. The maximum absolute atomic E-state index is 5.29. The van der Waals surface area contributed by atoms with Crippen LogP contribution in [-0.2, 0) is 9.78 Å². The summed E-state index contributed by atoms with van der Waals surface area (Å²) in [6, 6.07) is 0. The Balaban J connectivity index is 2.00. The van der Waals surface area contributed by atoms with Gasteiger partial charge in [0, 0.05) is 0 Å². The third-order valence-electron chi connectivity index (χ3n) is 5.79. The predicted molar refractivity (Wildman–Crippen MR) is 113 cm³/mol. The molecule has 0 bridgehead atoms. The molecule has 26 heavy (non-hydrogen) atoms. The maximum atomic E-state index is 5.29.